The van der Waals surface area contributed by atoms with Crippen molar-refractivity contribution in [2.24, 2.45) is 0 Å². The molecule has 22 nitrogen and oxygen atoms in total. The Morgan fingerprint density at radius 2 is 1.68 bits per heavy atom. The first kappa shape index (κ1) is 38.8. The van der Waals surface area contributed by atoms with Gasteiger partial charge in [-0.05, 0) is 6.26 Å². The summed E-state index contributed by atoms with van der Waals surface area (Å²) < 4.78 is 67.7. The normalized spacial score (nSPS) is 26.8. The van der Waals surface area contributed by atoms with Crippen molar-refractivity contribution in [3.05, 3.63) is 6.33 Å². The lowest BCUT2D eigenvalue weighted by Crippen LogP contribution is -2.31. The molecule has 2 aliphatic rings. The number of ether oxygens (including phenoxy) is 4. The monoisotopic (exact) mass is 661 g/mol. The SMILES string of the molecule is COC1O[C@@H]2[C@H](O1)[C@@H](COP(=O)(O)OP(=O)(O)CP(=O)(O)O)O[C@H]2n1cnc2c(N)nc(SC)nc21.N.N.N.N. The quantitative estimate of drug-likeness (QED) is 0.0966. The molecule has 2 aromatic rings. The first-order valence-corrected chi connectivity index (χ1v) is 16.1. The van der Waals surface area contributed by atoms with Crippen molar-refractivity contribution in [3.8, 4) is 0 Å². The number of fused-ring (bicyclic) bond motifs is 2. The Morgan fingerprint density at radius 3 is 2.25 bits per heavy atom. The number of thioether (sulfide) groups is 1. The fourth-order valence-electron chi connectivity index (χ4n) is 3.58. The van der Waals surface area contributed by atoms with Gasteiger partial charge in [-0.2, -0.15) is 0 Å². The molecule has 0 bridgehead atoms. The standard InChI is InChI=1S/C14H22N5O13P3S.4H3N/c1-27-14-30-8-6(3-28-35(25,26)32-34(23,24)5-33(20,21)22)29-12(9(8)31-14)19-4-16-7-10(15)17-13(36-2)18-11(7)19;;;;/h4,6,8-9,12,14H,3,5H2,1-2H3,(H,23,24)(H,25,26)(H2,15,17,18)(H2,20,21,22);4*1H3/t6-,8-,9-,12-,14?;;;;/m1..../s1. The maximum atomic E-state index is 12.2. The molecule has 4 rings (SSSR count). The van der Waals surface area contributed by atoms with Crippen molar-refractivity contribution >= 4 is 51.8 Å². The molecular weight excluding hydrogens is 627 g/mol. The average Bonchev–Trinajstić information content (AvgIpc) is 3.43. The maximum absolute atomic E-state index is 12.2. The molecule has 40 heavy (non-hydrogen) atoms. The number of imidazole rings is 1. The van der Waals surface area contributed by atoms with Gasteiger partial charge in [-0.25, -0.2) is 23.8 Å². The lowest BCUT2D eigenvalue weighted by molar-refractivity contribution is -0.256. The lowest BCUT2D eigenvalue weighted by Gasteiger charge is -2.22. The molecule has 4 heterocycles. The van der Waals surface area contributed by atoms with Gasteiger partial charge in [-0.3, -0.25) is 18.2 Å². The van der Waals surface area contributed by atoms with E-state index in [1.54, 1.807) is 6.26 Å². The van der Waals surface area contributed by atoms with Gasteiger partial charge in [-0.1, -0.05) is 11.8 Å². The van der Waals surface area contributed by atoms with Gasteiger partial charge in [0.15, 0.2) is 28.8 Å². The van der Waals surface area contributed by atoms with Crippen LogP contribution in [0.15, 0.2) is 11.5 Å². The van der Waals surface area contributed by atoms with E-state index in [9.17, 15) is 23.5 Å². The topological polar surface area (TPSA) is 397 Å². The molecule has 234 valence electrons. The average molecular weight is 661 g/mol. The predicted octanol–water partition coefficient (Wildman–Crippen LogP) is 0.844. The highest BCUT2D eigenvalue weighted by atomic mass is 32.2. The smallest absolute Gasteiger partial charge is 0.382 e. The summed E-state index contributed by atoms with van der Waals surface area (Å²) in [6.45, 7) is -1.82. The van der Waals surface area contributed by atoms with Crippen LogP contribution in [0.25, 0.3) is 11.2 Å². The van der Waals surface area contributed by atoms with Crippen molar-refractivity contribution in [3.63, 3.8) is 0 Å². The van der Waals surface area contributed by atoms with Gasteiger partial charge in [0.2, 0.25) is 0 Å². The summed E-state index contributed by atoms with van der Waals surface area (Å²) in [4.78, 5) is 49.8. The van der Waals surface area contributed by atoms with Gasteiger partial charge in [0, 0.05) is 7.11 Å². The van der Waals surface area contributed by atoms with Crippen LogP contribution in [0.4, 0.5) is 5.82 Å². The summed E-state index contributed by atoms with van der Waals surface area (Å²) in [6.07, 6.45) is -0.650. The van der Waals surface area contributed by atoms with Crippen LogP contribution in [0.5, 0.6) is 0 Å². The molecule has 0 saturated carbocycles. The Kier molecular flexibility index (Phi) is 13.9. The van der Waals surface area contributed by atoms with Crippen LogP contribution < -0.4 is 30.3 Å². The molecule has 0 amide bonds. The van der Waals surface area contributed by atoms with Crippen molar-refractivity contribution in [2.45, 2.75) is 36.2 Å². The molecule has 18 N–H and O–H groups in total. The molecule has 2 saturated heterocycles. The summed E-state index contributed by atoms with van der Waals surface area (Å²) in [5.41, 5.74) is 6.58. The zero-order valence-electron chi connectivity index (χ0n) is 21.3. The molecule has 0 spiro atoms. The third-order valence-corrected chi connectivity index (χ3v) is 10.7. The van der Waals surface area contributed by atoms with Crippen molar-refractivity contribution < 1.29 is 61.1 Å². The van der Waals surface area contributed by atoms with Crippen LogP contribution in [0.1, 0.15) is 6.23 Å². The number of aromatic nitrogens is 4. The number of nitrogen functional groups attached to an aromatic ring is 1. The second-order valence-corrected chi connectivity index (χ2v) is 13.9. The van der Waals surface area contributed by atoms with Crippen LogP contribution >= 0.6 is 34.8 Å². The van der Waals surface area contributed by atoms with Crippen LogP contribution in [0.3, 0.4) is 0 Å². The molecule has 2 aromatic heterocycles. The lowest BCUT2D eigenvalue weighted by atomic mass is 10.1. The number of phosphoric acid groups is 1. The van der Waals surface area contributed by atoms with Crippen molar-refractivity contribution in [1.82, 2.24) is 44.1 Å². The van der Waals surface area contributed by atoms with Gasteiger partial charge in [0.1, 0.15) is 23.8 Å². The number of hydrogen-bond donors (Lipinski definition) is 9. The Hall–Kier alpha value is -1.17. The van der Waals surface area contributed by atoms with Crippen LogP contribution in [-0.2, 0) is 41.5 Å². The van der Waals surface area contributed by atoms with E-state index in [1.165, 1.54) is 29.8 Å². The zero-order chi connectivity index (χ0) is 26.5. The molecule has 0 aromatic carbocycles. The largest absolute Gasteiger partial charge is 0.479 e. The van der Waals surface area contributed by atoms with Crippen molar-refractivity contribution in [1.29, 1.82) is 0 Å². The van der Waals surface area contributed by atoms with Gasteiger partial charge in [-0.15, -0.1) is 0 Å². The number of methoxy groups -OCH3 is 1. The maximum Gasteiger partial charge on any atom is 0.479 e. The van der Waals surface area contributed by atoms with E-state index in [0.29, 0.717) is 16.3 Å². The first-order chi connectivity index (χ1) is 16.7. The fraction of sp³-hybridized carbons (Fsp3) is 0.643. The van der Waals surface area contributed by atoms with Gasteiger partial charge < -0.3 is 68.9 Å². The van der Waals surface area contributed by atoms with Crippen LogP contribution in [0, 0.1) is 0 Å². The van der Waals surface area contributed by atoms with E-state index in [0.717, 1.165) is 0 Å². The fourth-order valence-corrected chi connectivity index (χ4v) is 8.30. The summed E-state index contributed by atoms with van der Waals surface area (Å²) in [5, 5.41) is 0.372. The Bertz CT molecular complexity index is 1280. The summed E-state index contributed by atoms with van der Waals surface area (Å²) >= 11 is 1.25. The van der Waals surface area contributed by atoms with E-state index >= 15 is 0 Å². The second-order valence-electron chi connectivity index (χ2n) is 7.50. The summed E-state index contributed by atoms with van der Waals surface area (Å²) in [6, 6.07) is 0. The molecule has 7 atom stereocenters. The highest BCUT2D eigenvalue weighted by Gasteiger charge is 2.55. The number of phosphoric ester groups is 1. The third-order valence-electron chi connectivity index (χ3n) is 4.89. The minimum absolute atomic E-state index is 0. The minimum atomic E-state index is -5.27. The number of nitrogens with two attached hydrogens (primary N) is 1. The zero-order valence-corrected chi connectivity index (χ0v) is 24.8. The van der Waals surface area contributed by atoms with E-state index in [-0.39, 0.29) is 30.4 Å². The van der Waals surface area contributed by atoms with Gasteiger partial charge >= 0.3 is 23.0 Å². The van der Waals surface area contributed by atoms with E-state index in [2.05, 4.69) is 19.3 Å². The molecule has 26 heteroatoms. The predicted molar refractivity (Wildman–Crippen MR) is 140 cm³/mol. The van der Waals surface area contributed by atoms with Crippen LogP contribution in [-0.4, -0.2) is 89.8 Å². The Balaban J connectivity index is 0.00000380. The van der Waals surface area contributed by atoms with E-state index < -0.39 is 66.5 Å². The first-order valence-electron chi connectivity index (χ1n) is 9.80. The molecule has 3 unspecified atom stereocenters. The summed E-state index contributed by atoms with van der Waals surface area (Å²) in [5.74, 6) is -1.54. The molecule has 2 aliphatic heterocycles. The van der Waals surface area contributed by atoms with E-state index in [1.807, 2.05) is 0 Å². The van der Waals surface area contributed by atoms with Crippen molar-refractivity contribution in [2.75, 3.05) is 31.6 Å². The van der Waals surface area contributed by atoms with Gasteiger partial charge in [0.25, 0.3) is 6.48 Å². The van der Waals surface area contributed by atoms with Gasteiger partial charge in [0.05, 0.1) is 12.9 Å². The molecule has 0 radical (unpaired) electrons. The highest BCUT2D eigenvalue weighted by molar-refractivity contribution is 7.98. The number of nitrogens with zero attached hydrogens (tertiary/aromatic N) is 4. The minimum Gasteiger partial charge on any atom is -0.382 e. The highest BCUT2D eigenvalue weighted by Crippen LogP contribution is 2.65. The molecule has 0 aliphatic carbocycles. The van der Waals surface area contributed by atoms with E-state index in [4.69, 9.17) is 39.0 Å². The molecule has 2 fully saturated rings. The van der Waals surface area contributed by atoms with Crippen LogP contribution in [0.2, 0.25) is 0 Å². The third kappa shape index (κ3) is 8.67. The Morgan fingerprint density at radius 1 is 1.05 bits per heavy atom. The number of rotatable bonds is 10. The Labute approximate surface area is 231 Å². The summed E-state index contributed by atoms with van der Waals surface area (Å²) in [7, 11) is -14.2. The molecular formula is C14H34N9O13P3S. The number of hydrogen-bond acceptors (Lipinski definition) is 18. The number of anilines is 1. The second kappa shape index (κ2) is 14.3.